The van der Waals surface area contributed by atoms with E-state index < -0.39 is 7.60 Å². The maximum atomic E-state index is 14.0. The molecule has 0 heterocycles. The van der Waals surface area contributed by atoms with Crippen LogP contribution in [0.15, 0.2) is 0 Å². The first-order valence-electron chi connectivity index (χ1n) is 11.1. The summed E-state index contributed by atoms with van der Waals surface area (Å²) in [7, 11) is -3.46. The largest absolute Gasteiger partial charge is 0.378 e. The van der Waals surface area contributed by atoms with Crippen LogP contribution in [0.25, 0.3) is 0 Å². The smallest absolute Gasteiger partial charge is 0.301 e. The van der Waals surface area contributed by atoms with E-state index in [2.05, 4.69) is 41.5 Å². The van der Waals surface area contributed by atoms with Crippen LogP contribution in [0.2, 0.25) is 0 Å². The predicted molar refractivity (Wildman–Crippen MR) is 126 cm³/mol. The van der Waals surface area contributed by atoms with Crippen LogP contribution < -0.4 is 0 Å². The maximum Gasteiger partial charge on any atom is 0.378 e. The van der Waals surface area contributed by atoms with E-state index in [0.29, 0.717) is 39.4 Å². The molecule has 6 atom stereocenters. The van der Waals surface area contributed by atoms with E-state index in [1.807, 2.05) is 6.26 Å². The van der Waals surface area contributed by atoms with E-state index in [4.69, 9.17) is 21.3 Å². The fraction of sp³-hybridized carbons (Fsp3) is 0.955. The molecule has 2 rings (SSSR count). The Morgan fingerprint density at radius 1 is 0.893 bits per heavy atom. The van der Waals surface area contributed by atoms with Gasteiger partial charge in [-0.05, 0) is 67.4 Å². The lowest BCUT2D eigenvalue weighted by Crippen LogP contribution is -2.37. The van der Waals surface area contributed by atoms with Crippen molar-refractivity contribution >= 4 is 35.5 Å². The minimum atomic E-state index is -3.46. The molecule has 0 aliphatic heterocycles. The Morgan fingerprint density at radius 2 is 1.29 bits per heavy atom. The summed E-state index contributed by atoms with van der Waals surface area (Å²) < 4.78 is 27.2. The Hall–Kier alpha value is 0.590. The third kappa shape index (κ3) is 6.30. The summed E-state index contributed by atoms with van der Waals surface area (Å²) in [5.74, 6) is 3.04. The molecule has 6 heteroatoms. The van der Waals surface area contributed by atoms with Gasteiger partial charge in [0.2, 0.25) is 0 Å². The minimum absolute atomic E-state index is 0.0294. The molecule has 164 valence electrons. The Kier molecular flexibility index (Phi) is 9.55. The molecule has 0 spiro atoms. The van der Waals surface area contributed by atoms with E-state index in [-0.39, 0.29) is 12.2 Å². The quantitative estimate of drug-likeness (QED) is 0.293. The summed E-state index contributed by atoms with van der Waals surface area (Å²) in [5, 5.41) is 0. The Bertz CT molecular complexity index is 528. The number of hydrogen-bond donors (Lipinski definition) is 0. The van der Waals surface area contributed by atoms with Crippen molar-refractivity contribution in [1.82, 2.24) is 0 Å². The molecule has 2 aliphatic rings. The molecule has 6 unspecified atom stereocenters. The van der Waals surface area contributed by atoms with E-state index >= 15 is 0 Å². The predicted octanol–water partition coefficient (Wildman–Crippen LogP) is 7.78. The van der Waals surface area contributed by atoms with Gasteiger partial charge in [-0.25, -0.2) is 0 Å². The zero-order chi connectivity index (χ0) is 21.1. The van der Waals surface area contributed by atoms with E-state index in [1.54, 1.807) is 0 Å². The topological polar surface area (TPSA) is 35.5 Å². The summed E-state index contributed by atoms with van der Waals surface area (Å²) in [6.45, 7) is 13.5. The van der Waals surface area contributed by atoms with Crippen LogP contribution in [0, 0.1) is 35.5 Å². The lowest BCUT2D eigenvalue weighted by atomic mass is 9.75. The Morgan fingerprint density at radius 3 is 1.61 bits per heavy atom. The van der Waals surface area contributed by atoms with Crippen molar-refractivity contribution in [3.05, 3.63) is 0 Å². The lowest BCUT2D eigenvalue weighted by molar-refractivity contribution is 0.00136. The van der Waals surface area contributed by atoms with Crippen molar-refractivity contribution in [2.45, 2.75) is 92.3 Å². The molecule has 28 heavy (non-hydrogen) atoms. The van der Waals surface area contributed by atoms with Crippen LogP contribution in [-0.2, 0) is 13.6 Å². The van der Waals surface area contributed by atoms with Gasteiger partial charge in [0.1, 0.15) is 0 Å². The molecule has 2 fully saturated rings. The number of thioether (sulfide) groups is 1. The molecular weight excluding hydrogens is 407 g/mol. The maximum absolute atomic E-state index is 14.0. The van der Waals surface area contributed by atoms with Gasteiger partial charge in [0, 0.05) is 0 Å². The molecule has 0 amide bonds. The summed E-state index contributed by atoms with van der Waals surface area (Å²) in [6, 6.07) is 0. The molecule has 0 aromatic carbocycles. The first-order chi connectivity index (χ1) is 13.1. The summed E-state index contributed by atoms with van der Waals surface area (Å²) in [5.41, 5.74) is 0. The second kappa shape index (κ2) is 10.8. The molecule has 0 aromatic heterocycles. The molecule has 2 aliphatic carbocycles. The number of hydrogen-bond acceptors (Lipinski definition) is 5. The summed E-state index contributed by atoms with van der Waals surface area (Å²) in [6.07, 6.45) is 8.41. The van der Waals surface area contributed by atoms with Gasteiger partial charge < -0.3 is 9.05 Å². The zero-order valence-corrected chi connectivity index (χ0v) is 21.4. The van der Waals surface area contributed by atoms with Crippen LogP contribution in [0.4, 0.5) is 0 Å². The van der Waals surface area contributed by atoms with Gasteiger partial charge in [-0.1, -0.05) is 66.6 Å². The molecule has 2 saturated carbocycles. The number of thiocarbonyl (C=S) groups is 1. The normalized spacial score (nSPS) is 36.5. The number of rotatable bonds is 7. The molecular formula is C22H41O3PS2. The standard InChI is InChI=1S/C22H41O3PS2/c1-14(2)18-10-8-16(5)12-20(18)24-26(23,22(27)28-7)25-21-13-17(6)9-11-19(21)15(3)4/h14-21H,8-13H2,1-7H3. The average molecular weight is 449 g/mol. The fourth-order valence-electron chi connectivity index (χ4n) is 5.05. The van der Waals surface area contributed by atoms with Crippen molar-refractivity contribution in [1.29, 1.82) is 0 Å². The third-order valence-electron chi connectivity index (χ3n) is 6.87. The highest BCUT2D eigenvalue weighted by molar-refractivity contribution is 8.35. The second-order valence-corrected chi connectivity index (χ2v) is 13.9. The highest BCUT2D eigenvalue weighted by Crippen LogP contribution is 2.59. The van der Waals surface area contributed by atoms with Crippen LogP contribution in [0.1, 0.15) is 80.1 Å². The van der Waals surface area contributed by atoms with Gasteiger partial charge in [-0.3, -0.25) is 4.57 Å². The van der Waals surface area contributed by atoms with Crippen molar-refractivity contribution in [2.24, 2.45) is 35.5 Å². The van der Waals surface area contributed by atoms with Gasteiger partial charge in [0.25, 0.3) is 0 Å². The second-order valence-electron chi connectivity index (χ2n) is 9.91. The van der Waals surface area contributed by atoms with Gasteiger partial charge in [-0.2, -0.15) is 0 Å². The van der Waals surface area contributed by atoms with Crippen LogP contribution in [0.5, 0.6) is 0 Å². The van der Waals surface area contributed by atoms with Gasteiger partial charge in [0.05, 0.1) is 12.2 Å². The Labute approximate surface area is 183 Å². The van der Waals surface area contributed by atoms with E-state index in [1.165, 1.54) is 24.6 Å². The van der Waals surface area contributed by atoms with Crippen molar-refractivity contribution < 1.29 is 13.6 Å². The molecule has 0 aromatic rings. The molecule has 0 bridgehead atoms. The minimum Gasteiger partial charge on any atom is -0.301 e. The highest BCUT2D eigenvalue weighted by atomic mass is 32.2. The van der Waals surface area contributed by atoms with Gasteiger partial charge in [0.15, 0.2) is 3.94 Å². The van der Waals surface area contributed by atoms with Crippen molar-refractivity contribution in [2.75, 3.05) is 6.26 Å². The van der Waals surface area contributed by atoms with Crippen molar-refractivity contribution in [3.8, 4) is 0 Å². The average Bonchev–Trinajstić information content (AvgIpc) is 2.60. The van der Waals surface area contributed by atoms with Crippen LogP contribution >= 0.6 is 31.6 Å². The first-order valence-corrected chi connectivity index (χ1v) is 14.3. The van der Waals surface area contributed by atoms with Crippen molar-refractivity contribution in [3.63, 3.8) is 0 Å². The zero-order valence-electron chi connectivity index (χ0n) is 18.8. The fourth-order valence-corrected chi connectivity index (χ4v) is 7.88. The van der Waals surface area contributed by atoms with Crippen LogP contribution in [-0.4, -0.2) is 22.4 Å². The van der Waals surface area contributed by atoms with Gasteiger partial charge in [-0.15, -0.1) is 11.8 Å². The van der Waals surface area contributed by atoms with Gasteiger partial charge >= 0.3 is 7.60 Å². The third-order valence-corrected chi connectivity index (χ3v) is 11.2. The lowest BCUT2D eigenvalue weighted by Gasteiger charge is -2.41. The van der Waals surface area contributed by atoms with E-state index in [9.17, 15) is 4.57 Å². The molecule has 0 N–H and O–H groups in total. The first kappa shape index (κ1) is 24.9. The monoisotopic (exact) mass is 448 g/mol. The van der Waals surface area contributed by atoms with Crippen LogP contribution in [0.3, 0.4) is 0 Å². The summed E-state index contributed by atoms with van der Waals surface area (Å²) in [4.78, 5) is 0. The SMILES string of the molecule is CSC(=S)P(=O)(OC1CC(C)CCC1C(C)C)OC1CC(C)CCC1C(C)C. The molecule has 0 saturated heterocycles. The van der Waals surface area contributed by atoms with E-state index in [0.717, 1.165) is 25.7 Å². The Balaban J connectivity index is 2.24. The highest BCUT2D eigenvalue weighted by Gasteiger charge is 2.44. The molecule has 0 radical (unpaired) electrons. The summed E-state index contributed by atoms with van der Waals surface area (Å²) >= 11 is 6.89. The molecule has 3 nitrogen and oxygen atoms in total.